The SMILES string of the molecule is CCn1cncc1C1CNC(=O)C1. The van der Waals surface area contributed by atoms with E-state index in [4.69, 9.17) is 0 Å². The number of hydrogen-bond donors (Lipinski definition) is 1. The van der Waals surface area contributed by atoms with Crippen molar-refractivity contribution in [3.8, 4) is 0 Å². The molecule has 1 aromatic rings. The van der Waals surface area contributed by atoms with Gasteiger partial charge in [0.05, 0.1) is 6.33 Å². The zero-order valence-electron chi connectivity index (χ0n) is 7.66. The molecule has 70 valence electrons. The third-order valence-corrected chi connectivity index (χ3v) is 2.48. The number of rotatable bonds is 2. The van der Waals surface area contributed by atoms with E-state index < -0.39 is 0 Å². The Bertz CT molecular complexity index is 318. The molecule has 1 fully saturated rings. The van der Waals surface area contributed by atoms with Gasteiger partial charge in [0.2, 0.25) is 5.91 Å². The first-order chi connectivity index (χ1) is 6.31. The zero-order valence-corrected chi connectivity index (χ0v) is 7.66. The lowest BCUT2D eigenvalue weighted by Crippen LogP contribution is -2.14. The summed E-state index contributed by atoms with van der Waals surface area (Å²) in [5, 5.41) is 2.83. The Hall–Kier alpha value is -1.32. The first kappa shape index (κ1) is 8.29. The fourth-order valence-electron chi connectivity index (χ4n) is 1.75. The van der Waals surface area contributed by atoms with Crippen molar-refractivity contribution in [1.82, 2.24) is 14.9 Å². The summed E-state index contributed by atoms with van der Waals surface area (Å²) in [6.45, 7) is 3.75. The molecule has 2 heterocycles. The van der Waals surface area contributed by atoms with E-state index >= 15 is 0 Å². The number of nitrogens with zero attached hydrogens (tertiary/aromatic N) is 2. The molecular formula is C9H13N3O. The molecule has 1 atom stereocenters. The van der Waals surface area contributed by atoms with E-state index in [-0.39, 0.29) is 5.91 Å². The van der Waals surface area contributed by atoms with Crippen molar-refractivity contribution in [3.05, 3.63) is 18.2 Å². The summed E-state index contributed by atoms with van der Waals surface area (Å²) in [6, 6.07) is 0. The first-order valence-electron chi connectivity index (χ1n) is 4.58. The quantitative estimate of drug-likeness (QED) is 0.719. The molecule has 1 aromatic heterocycles. The van der Waals surface area contributed by atoms with Crippen molar-refractivity contribution in [2.75, 3.05) is 6.54 Å². The number of amides is 1. The fraction of sp³-hybridized carbons (Fsp3) is 0.556. The van der Waals surface area contributed by atoms with Gasteiger partial charge in [-0.2, -0.15) is 0 Å². The van der Waals surface area contributed by atoms with Gasteiger partial charge in [-0.25, -0.2) is 4.98 Å². The molecule has 0 saturated carbocycles. The second-order valence-electron chi connectivity index (χ2n) is 3.31. The van der Waals surface area contributed by atoms with E-state index in [1.165, 1.54) is 5.69 Å². The van der Waals surface area contributed by atoms with Crippen LogP contribution in [0.3, 0.4) is 0 Å². The maximum absolute atomic E-state index is 11.0. The Morgan fingerprint density at radius 2 is 2.62 bits per heavy atom. The van der Waals surface area contributed by atoms with Crippen LogP contribution in [0.25, 0.3) is 0 Å². The highest BCUT2D eigenvalue weighted by Gasteiger charge is 2.25. The van der Waals surface area contributed by atoms with Crippen molar-refractivity contribution >= 4 is 5.91 Å². The van der Waals surface area contributed by atoms with Crippen LogP contribution < -0.4 is 5.32 Å². The summed E-state index contributed by atoms with van der Waals surface area (Å²) >= 11 is 0. The Balaban J connectivity index is 2.20. The standard InChI is InChI=1S/C9H13N3O/c1-2-12-6-10-5-8(12)7-3-9(13)11-4-7/h5-7H,2-4H2,1H3,(H,11,13). The summed E-state index contributed by atoms with van der Waals surface area (Å²) in [4.78, 5) is 15.1. The first-order valence-corrected chi connectivity index (χ1v) is 4.58. The van der Waals surface area contributed by atoms with Gasteiger partial charge in [-0.15, -0.1) is 0 Å². The third-order valence-electron chi connectivity index (χ3n) is 2.48. The molecule has 4 nitrogen and oxygen atoms in total. The maximum atomic E-state index is 11.0. The lowest BCUT2D eigenvalue weighted by Gasteiger charge is -2.09. The topological polar surface area (TPSA) is 46.9 Å². The average Bonchev–Trinajstić information content (AvgIpc) is 2.71. The van der Waals surface area contributed by atoms with Gasteiger partial charge >= 0.3 is 0 Å². The molecule has 1 N–H and O–H groups in total. The van der Waals surface area contributed by atoms with Gasteiger partial charge in [-0.1, -0.05) is 0 Å². The Morgan fingerprint density at radius 3 is 3.23 bits per heavy atom. The van der Waals surface area contributed by atoms with Crippen molar-refractivity contribution in [2.24, 2.45) is 0 Å². The molecule has 4 heteroatoms. The van der Waals surface area contributed by atoms with Crippen LogP contribution in [-0.2, 0) is 11.3 Å². The molecule has 1 unspecified atom stereocenters. The Kier molecular flexibility index (Phi) is 2.04. The smallest absolute Gasteiger partial charge is 0.220 e. The maximum Gasteiger partial charge on any atom is 0.220 e. The van der Waals surface area contributed by atoms with Gasteiger partial charge in [-0.05, 0) is 6.92 Å². The predicted octanol–water partition coefficient (Wildman–Crippen LogP) is 0.506. The number of aromatic nitrogens is 2. The van der Waals surface area contributed by atoms with E-state index in [9.17, 15) is 4.79 Å². The lowest BCUT2D eigenvalue weighted by atomic mass is 10.1. The fourth-order valence-corrected chi connectivity index (χ4v) is 1.75. The molecule has 0 radical (unpaired) electrons. The molecule has 1 saturated heterocycles. The average molecular weight is 179 g/mol. The second kappa shape index (κ2) is 3.20. The minimum absolute atomic E-state index is 0.147. The van der Waals surface area contributed by atoms with Crippen LogP contribution in [0.2, 0.25) is 0 Å². The van der Waals surface area contributed by atoms with Gasteiger partial charge in [0, 0.05) is 37.3 Å². The van der Waals surface area contributed by atoms with Gasteiger partial charge in [0.1, 0.15) is 0 Å². The molecule has 13 heavy (non-hydrogen) atoms. The highest BCUT2D eigenvalue weighted by atomic mass is 16.1. The Labute approximate surface area is 77.0 Å². The number of imidazole rings is 1. The minimum atomic E-state index is 0.147. The summed E-state index contributed by atoms with van der Waals surface area (Å²) in [6.07, 6.45) is 4.28. The Morgan fingerprint density at radius 1 is 1.77 bits per heavy atom. The normalized spacial score (nSPS) is 21.9. The molecule has 1 aliphatic rings. The molecule has 1 aliphatic heterocycles. The summed E-state index contributed by atoms with van der Waals surface area (Å²) in [5.74, 6) is 0.462. The van der Waals surface area contributed by atoms with Crippen LogP contribution in [0, 0.1) is 0 Å². The van der Waals surface area contributed by atoms with Gasteiger partial charge in [0.15, 0.2) is 0 Å². The number of carbonyl (C=O) groups is 1. The van der Waals surface area contributed by atoms with Crippen LogP contribution in [-0.4, -0.2) is 22.0 Å². The highest BCUT2D eigenvalue weighted by Crippen LogP contribution is 2.22. The monoisotopic (exact) mass is 179 g/mol. The van der Waals surface area contributed by atoms with Gasteiger partial charge < -0.3 is 9.88 Å². The van der Waals surface area contributed by atoms with Crippen molar-refractivity contribution in [2.45, 2.75) is 25.8 Å². The van der Waals surface area contributed by atoms with E-state index in [0.717, 1.165) is 13.1 Å². The molecule has 0 bridgehead atoms. The highest BCUT2D eigenvalue weighted by molar-refractivity contribution is 5.79. The number of carbonyl (C=O) groups excluding carboxylic acids is 1. The van der Waals surface area contributed by atoms with Crippen molar-refractivity contribution in [3.63, 3.8) is 0 Å². The van der Waals surface area contributed by atoms with E-state index in [1.54, 1.807) is 0 Å². The lowest BCUT2D eigenvalue weighted by molar-refractivity contribution is -0.119. The summed E-state index contributed by atoms with van der Waals surface area (Å²) in [7, 11) is 0. The van der Waals surface area contributed by atoms with Crippen molar-refractivity contribution < 1.29 is 4.79 Å². The molecule has 0 spiro atoms. The van der Waals surface area contributed by atoms with Crippen LogP contribution in [0.1, 0.15) is 25.0 Å². The molecule has 2 rings (SSSR count). The van der Waals surface area contributed by atoms with Crippen LogP contribution in [0.15, 0.2) is 12.5 Å². The van der Waals surface area contributed by atoms with Crippen LogP contribution in [0.4, 0.5) is 0 Å². The van der Waals surface area contributed by atoms with E-state index in [0.29, 0.717) is 12.3 Å². The molecular weight excluding hydrogens is 166 g/mol. The summed E-state index contributed by atoms with van der Waals surface area (Å²) < 4.78 is 2.09. The number of nitrogens with one attached hydrogen (secondary N) is 1. The minimum Gasteiger partial charge on any atom is -0.355 e. The van der Waals surface area contributed by atoms with Gasteiger partial charge in [0.25, 0.3) is 0 Å². The van der Waals surface area contributed by atoms with Crippen LogP contribution in [0.5, 0.6) is 0 Å². The number of aryl methyl sites for hydroxylation is 1. The third kappa shape index (κ3) is 1.43. The molecule has 1 amide bonds. The predicted molar refractivity (Wildman–Crippen MR) is 48.3 cm³/mol. The van der Waals surface area contributed by atoms with E-state index in [1.807, 2.05) is 12.5 Å². The largest absolute Gasteiger partial charge is 0.355 e. The molecule has 0 aliphatic carbocycles. The van der Waals surface area contributed by atoms with Crippen molar-refractivity contribution in [1.29, 1.82) is 0 Å². The van der Waals surface area contributed by atoms with Crippen LogP contribution >= 0.6 is 0 Å². The molecule has 0 aromatic carbocycles. The van der Waals surface area contributed by atoms with E-state index in [2.05, 4.69) is 21.8 Å². The zero-order chi connectivity index (χ0) is 9.26. The van der Waals surface area contributed by atoms with Gasteiger partial charge in [-0.3, -0.25) is 4.79 Å². The second-order valence-corrected chi connectivity index (χ2v) is 3.31. The summed E-state index contributed by atoms with van der Waals surface area (Å²) in [5.41, 5.74) is 1.17. The number of hydrogen-bond acceptors (Lipinski definition) is 2.